The summed E-state index contributed by atoms with van der Waals surface area (Å²) >= 11 is 0. The Kier molecular flexibility index (Phi) is 6.01. The number of hydrogen-bond donors (Lipinski definition) is 2. The molecule has 1 aliphatic heterocycles. The van der Waals surface area contributed by atoms with Crippen LogP contribution in [0.25, 0.3) is 22.3 Å². The number of fused-ring (bicyclic) bond motifs is 1. The van der Waals surface area contributed by atoms with Gasteiger partial charge in [0, 0.05) is 24.7 Å². The summed E-state index contributed by atoms with van der Waals surface area (Å²) in [5, 5.41) is 10.3. The normalized spacial score (nSPS) is 16.9. The number of aliphatic hydroxyl groups is 1. The maximum absolute atomic E-state index is 13.0. The fourth-order valence-corrected chi connectivity index (χ4v) is 3.73. The zero-order valence-corrected chi connectivity index (χ0v) is 18.2. The van der Waals surface area contributed by atoms with Crippen LogP contribution in [0, 0.1) is 24.7 Å². The third-order valence-corrected chi connectivity index (χ3v) is 5.38. The number of aryl methyl sites for hydroxylation is 1. The Morgan fingerprint density at radius 2 is 2.00 bits per heavy atom. The molecule has 3 aromatic rings. The molecule has 3 heterocycles. The number of alkyl halides is 3. The van der Waals surface area contributed by atoms with E-state index in [1.165, 1.54) is 23.1 Å². The van der Waals surface area contributed by atoms with Crippen molar-refractivity contribution in [1.82, 2.24) is 19.9 Å². The second-order valence-electron chi connectivity index (χ2n) is 7.85. The van der Waals surface area contributed by atoms with E-state index in [1.807, 2.05) is 0 Å². The van der Waals surface area contributed by atoms with Gasteiger partial charge in [0.1, 0.15) is 23.2 Å². The molecule has 0 aliphatic carbocycles. The Morgan fingerprint density at radius 3 is 2.68 bits per heavy atom. The topological polar surface area (TPSA) is 114 Å². The van der Waals surface area contributed by atoms with Crippen LogP contribution < -0.4 is 10.5 Å². The average Bonchev–Trinajstić information content (AvgIpc) is 3.10. The lowest BCUT2D eigenvalue weighted by molar-refractivity contribution is -0.274. The molecule has 11 heteroatoms. The molecule has 0 radical (unpaired) electrons. The highest BCUT2D eigenvalue weighted by molar-refractivity contribution is 5.87. The van der Waals surface area contributed by atoms with Crippen molar-refractivity contribution >= 4 is 22.8 Å². The lowest BCUT2D eigenvalue weighted by atomic mass is 10.0. The molecule has 1 fully saturated rings. The van der Waals surface area contributed by atoms with E-state index in [9.17, 15) is 23.1 Å². The molecule has 2 aromatic heterocycles. The second-order valence-corrected chi connectivity index (χ2v) is 7.85. The predicted octanol–water partition coefficient (Wildman–Crippen LogP) is 2.67. The maximum Gasteiger partial charge on any atom is 0.573 e. The van der Waals surface area contributed by atoms with Gasteiger partial charge in [0.2, 0.25) is 5.91 Å². The molecule has 1 aliphatic rings. The number of nitrogens with zero attached hydrogens (tertiary/aromatic N) is 4. The Labute approximate surface area is 192 Å². The standard InChI is InChI=1S/C23H20F3N5O3/c1-12-28-17-6-5-16(30-20(17)21(27)29-12)15-11-13(4-8-19(15)34-23(24,25)26)3-7-18(32)14-9-10-31(2)22(14)33/h4-6,8,11,14,18,32H,9-10H2,1-2H3,(H2,27,28,29). The molecule has 1 amide bonds. The minimum absolute atomic E-state index is 0.0113. The highest BCUT2D eigenvalue weighted by Gasteiger charge is 2.34. The molecule has 176 valence electrons. The number of hydrogen-bond acceptors (Lipinski definition) is 7. The van der Waals surface area contributed by atoms with E-state index in [2.05, 4.69) is 31.5 Å². The zero-order chi connectivity index (χ0) is 24.6. The summed E-state index contributed by atoms with van der Waals surface area (Å²) < 4.78 is 43.2. The highest BCUT2D eigenvalue weighted by Crippen LogP contribution is 2.35. The summed E-state index contributed by atoms with van der Waals surface area (Å²) in [7, 11) is 1.64. The summed E-state index contributed by atoms with van der Waals surface area (Å²) in [6, 6.07) is 6.88. The van der Waals surface area contributed by atoms with Crippen LogP contribution in [0.15, 0.2) is 30.3 Å². The van der Waals surface area contributed by atoms with Crippen LogP contribution in [0.4, 0.5) is 19.0 Å². The Morgan fingerprint density at radius 1 is 1.24 bits per heavy atom. The number of anilines is 1. The van der Waals surface area contributed by atoms with Gasteiger partial charge in [-0.2, -0.15) is 0 Å². The fraction of sp³-hybridized carbons (Fsp3) is 0.304. The number of aromatic nitrogens is 3. The van der Waals surface area contributed by atoms with Crippen LogP contribution in [0.3, 0.4) is 0 Å². The molecule has 2 atom stereocenters. The van der Waals surface area contributed by atoms with E-state index in [-0.39, 0.29) is 28.5 Å². The molecule has 3 N–H and O–H groups in total. The Balaban J connectivity index is 1.74. The third kappa shape index (κ3) is 4.87. The van der Waals surface area contributed by atoms with Gasteiger partial charge in [0.05, 0.1) is 17.1 Å². The van der Waals surface area contributed by atoms with Gasteiger partial charge in [-0.25, -0.2) is 15.0 Å². The Hall–Kier alpha value is -3.91. The highest BCUT2D eigenvalue weighted by atomic mass is 19.4. The van der Waals surface area contributed by atoms with Crippen molar-refractivity contribution in [1.29, 1.82) is 0 Å². The molecule has 8 nitrogen and oxygen atoms in total. The van der Waals surface area contributed by atoms with Crippen LogP contribution in [-0.4, -0.2) is 56.9 Å². The van der Waals surface area contributed by atoms with E-state index in [4.69, 9.17) is 5.73 Å². The van der Waals surface area contributed by atoms with Crippen molar-refractivity contribution in [3.8, 4) is 28.8 Å². The minimum Gasteiger partial charge on any atom is -0.405 e. The molecular weight excluding hydrogens is 451 g/mol. The summed E-state index contributed by atoms with van der Waals surface area (Å²) in [5.41, 5.74) is 7.06. The number of amides is 1. The van der Waals surface area contributed by atoms with Gasteiger partial charge in [-0.1, -0.05) is 11.8 Å². The molecule has 0 bridgehead atoms. The number of benzene rings is 1. The molecular formula is C23H20F3N5O3. The first-order valence-electron chi connectivity index (χ1n) is 10.3. The third-order valence-electron chi connectivity index (χ3n) is 5.38. The number of likely N-dealkylation sites (tertiary alicyclic amines) is 1. The number of ether oxygens (including phenoxy) is 1. The minimum atomic E-state index is -4.93. The van der Waals surface area contributed by atoms with Crippen molar-refractivity contribution < 1.29 is 27.8 Å². The first kappa shape index (κ1) is 23.3. The monoisotopic (exact) mass is 471 g/mol. The van der Waals surface area contributed by atoms with E-state index in [0.717, 1.165) is 6.07 Å². The summed E-state index contributed by atoms with van der Waals surface area (Å²) in [5.74, 6) is 4.55. The van der Waals surface area contributed by atoms with E-state index < -0.39 is 24.1 Å². The number of rotatable bonds is 3. The van der Waals surface area contributed by atoms with Crippen molar-refractivity contribution in [2.75, 3.05) is 19.3 Å². The zero-order valence-electron chi connectivity index (χ0n) is 18.2. The van der Waals surface area contributed by atoms with Crippen molar-refractivity contribution in [3.05, 3.63) is 41.7 Å². The molecule has 4 rings (SSSR count). The predicted molar refractivity (Wildman–Crippen MR) is 117 cm³/mol. The van der Waals surface area contributed by atoms with Crippen LogP contribution in [0.2, 0.25) is 0 Å². The van der Waals surface area contributed by atoms with Crippen molar-refractivity contribution in [3.63, 3.8) is 0 Å². The van der Waals surface area contributed by atoms with Crippen LogP contribution in [0.5, 0.6) is 5.75 Å². The van der Waals surface area contributed by atoms with Gasteiger partial charge in [0.15, 0.2) is 5.82 Å². The number of nitrogens with two attached hydrogens (primary N) is 1. The molecule has 1 aromatic carbocycles. The first-order chi connectivity index (χ1) is 16.0. The Bertz CT molecular complexity index is 1330. The van der Waals surface area contributed by atoms with Crippen LogP contribution >= 0.6 is 0 Å². The molecule has 34 heavy (non-hydrogen) atoms. The van der Waals surface area contributed by atoms with Gasteiger partial charge in [-0.3, -0.25) is 4.79 Å². The summed E-state index contributed by atoms with van der Waals surface area (Å²) in [6.45, 7) is 2.18. The van der Waals surface area contributed by atoms with Gasteiger partial charge in [-0.15, -0.1) is 13.2 Å². The number of aliphatic hydroxyl groups excluding tert-OH is 1. The maximum atomic E-state index is 13.0. The van der Waals surface area contributed by atoms with Gasteiger partial charge in [-0.05, 0) is 43.7 Å². The van der Waals surface area contributed by atoms with Crippen molar-refractivity contribution in [2.45, 2.75) is 25.8 Å². The fourth-order valence-electron chi connectivity index (χ4n) is 3.73. The number of pyridine rings is 1. The van der Waals surface area contributed by atoms with Crippen LogP contribution in [0.1, 0.15) is 17.8 Å². The molecule has 2 unspecified atom stereocenters. The number of carbonyl (C=O) groups is 1. The van der Waals surface area contributed by atoms with Gasteiger partial charge >= 0.3 is 6.36 Å². The second kappa shape index (κ2) is 8.79. The molecule has 0 saturated carbocycles. The molecule has 1 saturated heterocycles. The largest absolute Gasteiger partial charge is 0.573 e. The van der Waals surface area contributed by atoms with Crippen LogP contribution in [-0.2, 0) is 4.79 Å². The van der Waals surface area contributed by atoms with E-state index >= 15 is 0 Å². The summed E-state index contributed by atoms with van der Waals surface area (Å²) in [4.78, 5) is 26.2. The smallest absolute Gasteiger partial charge is 0.405 e. The SMILES string of the molecule is Cc1nc(N)c2nc(-c3cc(C#CC(O)C4CCN(C)C4=O)ccc3OC(F)(F)F)ccc2n1. The van der Waals surface area contributed by atoms with E-state index in [1.54, 1.807) is 20.0 Å². The van der Waals surface area contributed by atoms with E-state index in [0.29, 0.717) is 29.9 Å². The van der Waals surface area contributed by atoms with Crippen molar-refractivity contribution in [2.24, 2.45) is 5.92 Å². The number of nitrogen functional groups attached to an aromatic ring is 1. The average molecular weight is 471 g/mol. The lowest BCUT2D eigenvalue weighted by Gasteiger charge is -2.14. The lowest BCUT2D eigenvalue weighted by Crippen LogP contribution is -2.29. The van der Waals surface area contributed by atoms with Gasteiger partial charge < -0.3 is 20.5 Å². The number of halogens is 3. The number of carbonyl (C=O) groups excluding carboxylic acids is 1. The van der Waals surface area contributed by atoms with Gasteiger partial charge in [0.25, 0.3) is 0 Å². The molecule has 0 spiro atoms. The quantitative estimate of drug-likeness (QED) is 0.565. The first-order valence-corrected chi connectivity index (χ1v) is 10.3. The summed E-state index contributed by atoms with van der Waals surface area (Å²) in [6.07, 6.45) is -5.66.